The Morgan fingerprint density at radius 3 is 2.70 bits per heavy atom. The van der Waals surface area contributed by atoms with Gasteiger partial charge in [0, 0.05) is 13.2 Å². The minimum absolute atomic E-state index is 0.118. The molecule has 1 aromatic heterocycles. The monoisotopic (exact) mass is 144 g/mol. The standard InChI is InChI=1S/C6H6F2N2/c1-9-4-2-3-10-6(8)5(4)7/h2-3H,1H3,(H,9,10). The van der Waals surface area contributed by atoms with E-state index in [0.29, 0.717) is 0 Å². The first-order valence-electron chi connectivity index (χ1n) is 2.73. The summed E-state index contributed by atoms with van der Waals surface area (Å²) in [5.74, 6) is -2.02. The molecule has 1 N–H and O–H groups in total. The lowest BCUT2D eigenvalue weighted by atomic mass is 10.4. The maximum Gasteiger partial charge on any atom is 0.251 e. The average Bonchev–Trinajstić information content (AvgIpc) is 1.95. The van der Waals surface area contributed by atoms with Gasteiger partial charge in [-0.25, -0.2) is 4.98 Å². The molecule has 0 spiro atoms. The summed E-state index contributed by atoms with van der Waals surface area (Å²) in [6, 6.07) is 1.36. The zero-order valence-electron chi connectivity index (χ0n) is 5.36. The van der Waals surface area contributed by atoms with Crippen LogP contribution in [0.25, 0.3) is 0 Å². The van der Waals surface area contributed by atoms with Crippen molar-refractivity contribution in [3.05, 3.63) is 24.0 Å². The van der Waals surface area contributed by atoms with E-state index in [0.717, 1.165) is 0 Å². The normalized spacial score (nSPS) is 9.50. The Morgan fingerprint density at radius 1 is 1.50 bits per heavy atom. The molecule has 4 heteroatoms. The predicted molar refractivity (Wildman–Crippen MR) is 33.7 cm³/mol. The van der Waals surface area contributed by atoms with Crippen molar-refractivity contribution in [1.29, 1.82) is 0 Å². The van der Waals surface area contributed by atoms with Crippen molar-refractivity contribution in [2.45, 2.75) is 0 Å². The summed E-state index contributed by atoms with van der Waals surface area (Å²) in [6.45, 7) is 0. The highest BCUT2D eigenvalue weighted by Gasteiger charge is 2.05. The van der Waals surface area contributed by atoms with E-state index in [2.05, 4.69) is 10.3 Å². The molecule has 10 heavy (non-hydrogen) atoms. The predicted octanol–water partition coefficient (Wildman–Crippen LogP) is 1.40. The molecule has 0 fully saturated rings. The number of hydrogen-bond acceptors (Lipinski definition) is 2. The summed E-state index contributed by atoms with van der Waals surface area (Å²) < 4.78 is 24.7. The summed E-state index contributed by atoms with van der Waals surface area (Å²) >= 11 is 0. The van der Waals surface area contributed by atoms with Gasteiger partial charge in [0.25, 0.3) is 5.95 Å². The highest BCUT2D eigenvalue weighted by atomic mass is 19.2. The van der Waals surface area contributed by atoms with Crippen molar-refractivity contribution >= 4 is 5.69 Å². The fourth-order valence-corrected chi connectivity index (χ4v) is 0.611. The molecule has 0 aliphatic carbocycles. The maximum absolute atomic E-state index is 12.5. The van der Waals surface area contributed by atoms with E-state index < -0.39 is 11.8 Å². The van der Waals surface area contributed by atoms with Crippen LogP contribution in [0.3, 0.4) is 0 Å². The van der Waals surface area contributed by atoms with E-state index in [1.165, 1.54) is 19.3 Å². The third kappa shape index (κ3) is 1.05. The van der Waals surface area contributed by atoms with Crippen LogP contribution in [0.15, 0.2) is 12.3 Å². The Bertz CT molecular complexity index is 237. The first kappa shape index (κ1) is 6.92. The molecule has 0 atom stereocenters. The van der Waals surface area contributed by atoms with Gasteiger partial charge in [-0.15, -0.1) is 0 Å². The van der Waals surface area contributed by atoms with Gasteiger partial charge < -0.3 is 5.32 Å². The highest BCUT2D eigenvalue weighted by molar-refractivity contribution is 5.41. The minimum atomic E-state index is -1.08. The lowest BCUT2D eigenvalue weighted by molar-refractivity contribution is 0.482. The van der Waals surface area contributed by atoms with E-state index >= 15 is 0 Å². The Labute approximate surface area is 56.9 Å². The summed E-state index contributed by atoms with van der Waals surface area (Å²) in [5.41, 5.74) is 0.118. The van der Waals surface area contributed by atoms with Crippen molar-refractivity contribution in [2.24, 2.45) is 0 Å². The second-order valence-corrected chi connectivity index (χ2v) is 1.71. The Balaban J connectivity index is 3.14. The van der Waals surface area contributed by atoms with Crippen LogP contribution in [0.2, 0.25) is 0 Å². The molecule has 0 saturated heterocycles. The lowest BCUT2D eigenvalue weighted by Gasteiger charge is -1.99. The van der Waals surface area contributed by atoms with Crippen molar-refractivity contribution in [1.82, 2.24) is 4.98 Å². The van der Waals surface area contributed by atoms with Gasteiger partial charge in [-0.1, -0.05) is 0 Å². The van der Waals surface area contributed by atoms with Crippen LogP contribution in [-0.2, 0) is 0 Å². The fraction of sp³-hybridized carbons (Fsp3) is 0.167. The fourth-order valence-electron chi connectivity index (χ4n) is 0.611. The van der Waals surface area contributed by atoms with Crippen LogP contribution in [0.1, 0.15) is 0 Å². The largest absolute Gasteiger partial charge is 0.386 e. The summed E-state index contributed by atoms with van der Waals surface area (Å²) in [7, 11) is 1.51. The average molecular weight is 144 g/mol. The third-order valence-corrected chi connectivity index (χ3v) is 1.12. The van der Waals surface area contributed by atoms with Gasteiger partial charge in [0.15, 0.2) is 0 Å². The molecule has 0 radical (unpaired) electrons. The molecular formula is C6H6F2N2. The molecule has 0 unspecified atom stereocenters. The maximum atomic E-state index is 12.5. The topological polar surface area (TPSA) is 24.9 Å². The van der Waals surface area contributed by atoms with Crippen molar-refractivity contribution in [3.63, 3.8) is 0 Å². The van der Waals surface area contributed by atoms with Crippen LogP contribution in [-0.4, -0.2) is 12.0 Å². The van der Waals surface area contributed by atoms with Gasteiger partial charge in [0.2, 0.25) is 5.82 Å². The van der Waals surface area contributed by atoms with Gasteiger partial charge in [-0.3, -0.25) is 0 Å². The number of anilines is 1. The molecule has 0 amide bonds. The molecule has 2 nitrogen and oxygen atoms in total. The molecule has 1 aromatic rings. The molecule has 0 aromatic carbocycles. The van der Waals surface area contributed by atoms with Crippen LogP contribution in [0.4, 0.5) is 14.5 Å². The lowest BCUT2D eigenvalue weighted by Crippen LogP contribution is -1.96. The summed E-state index contributed by atoms with van der Waals surface area (Å²) in [5, 5.41) is 2.48. The molecule has 1 heterocycles. The number of hydrogen-bond donors (Lipinski definition) is 1. The first-order valence-corrected chi connectivity index (χ1v) is 2.73. The smallest absolute Gasteiger partial charge is 0.251 e. The zero-order chi connectivity index (χ0) is 7.56. The number of aromatic nitrogens is 1. The SMILES string of the molecule is CNc1ccnc(F)c1F. The van der Waals surface area contributed by atoms with Gasteiger partial charge in [0.1, 0.15) is 0 Å². The van der Waals surface area contributed by atoms with Crippen LogP contribution >= 0.6 is 0 Å². The van der Waals surface area contributed by atoms with E-state index in [-0.39, 0.29) is 5.69 Å². The van der Waals surface area contributed by atoms with Crippen LogP contribution < -0.4 is 5.32 Å². The Morgan fingerprint density at radius 2 is 2.20 bits per heavy atom. The molecule has 0 bridgehead atoms. The van der Waals surface area contributed by atoms with Gasteiger partial charge in [0.05, 0.1) is 5.69 Å². The van der Waals surface area contributed by atoms with E-state index in [1.54, 1.807) is 0 Å². The second kappa shape index (κ2) is 2.60. The van der Waals surface area contributed by atoms with Crippen molar-refractivity contribution in [3.8, 4) is 0 Å². The molecule has 0 saturated carbocycles. The molecule has 0 aliphatic heterocycles. The molecule has 1 rings (SSSR count). The van der Waals surface area contributed by atoms with E-state index in [9.17, 15) is 8.78 Å². The van der Waals surface area contributed by atoms with E-state index in [4.69, 9.17) is 0 Å². The summed E-state index contributed by atoms with van der Waals surface area (Å²) in [6.07, 6.45) is 1.20. The van der Waals surface area contributed by atoms with Gasteiger partial charge >= 0.3 is 0 Å². The Hall–Kier alpha value is -1.19. The van der Waals surface area contributed by atoms with Crippen LogP contribution in [0.5, 0.6) is 0 Å². The zero-order valence-corrected chi connectivity index (χ0v) is 5.36. The van der Waals surface area contributed by atoms with Crippen molar-refractivity contribution < 1.29 is 8.78 Å². The molecular weight excluding hydrogens is 138 g/mol. The first-order chi connectivity index (χ1) is 4.75. The summed E-state index contributed by atoms with van der Waals surface area (Å²) in [4.78, 5) is 3.11. The van der Waals surface area contributed by atoms with Crippen LogP contribution in [0, 0.1) is 11.8 Å². The highest BCUT2D eigenvalue weighted by Crippen LogP contribution is 2.12. The number of pyridine rings is 1. The minimum Gasteiger partial charge on any atom is -0.386 e. The quantitative estimate of drug-likeness (QED) is 0.602. The molecule has 54 valence electrons. The second-order valence-electron chi connectivity index (χ2n) is 1.71. The number of nitrogens with zero attached hydrogens (tertiary/aromatic N) is 1. The Kier molecular flexibility index (Phi) is 1.80. The van der Waals surface area contributed by atoms with Crippen molar-refractivity contribution in [2.75, 3.05) is 12.4 Å². The van der Waals surface area contributed by atoms with E-state index in [1.807, 2.05) is 0 Å². The van der Waals surface area contributed by atoms with Gasteiger partial charge in [-0.05, 0) is 6.07 Å². The molecule has 0 aliphatic rings. The van der Waals surface area contributed by atoms with Gasteiger partial charge in [-0.2, -0.15) is 8.78 Å². The number of halogens is 2. The number of nitrogens with one attached hydrogen (secondary N) is 1. The third-order valence-electron chi connectivity index (χ3n) is 1.12. The number of rotatable bonds is 1.